The number of likely N-dealkylation sites (N-methyl/N-ethyl adjacent to an activating group) is 1. The number of nitrogens with zero attached hydrogens (tertiary/aromatic N) is 1. The molecule has 0 saturated carbocycles. The molecule has 2 aromatic carbocycles. The largest absolute Gasteiger partial charge is 0.494 e. The molecule has 2 rings (SSSR count). The van der Waals surface area contributed by atoms with Crippen molar-refractivity contribution >= 4 is 17.5 Å². The lowest BCUT2D eigenvalue weighted by Crippen LogP contribution is -2.39. The predicted octanol–water partition coefficient (Wildman–Crippen LogP) is 3.20. The van der Waals surface area contributed by atoms with Crippen LogP contribution in [-0.2, 0) is 16.1 Å². The predicted molar refractivity (Wildman–Crippen MR) is 116 cm³/mol. The molecule has 0 aliphatic heterocycles. The van der Waals surface area contributed by atoms with Gasteiger partial charge in [0.05, 0.1) is 19.7 Å². The van der Waals surface area contributed by atoms with Crippen LogP contribution in [-0.4, -0.2) is 43.5 Å². The Labute approximate surface area is 173 Å². The average Bonchev–Trinajstić information content (AvgIpc) is 2.64. The number of amides is 2. The molecule has 0 radical (unpaired) electrons. The van der Waals surface area contributed by atoms with E-state index in [0.717, 1.165) is 33.7 Å². The summed E-state index contributed by atoms with van der Waals surface area (Å²) < 4.78 is 5.43. The van der Waals surface area contributed by atoms with Crippen molar-refractivity contribution in [3.05, 3.63) is 58.7 Å². The molecule has 29 heavy (non-hydrogen) atoms. The lowest BCUT2D eigenvalue weighted by molar-refractivity contribution is -0.124. The number of nitrogens with one attached hydrogen (secondary N) is 2. The number of carbonyl (C=O) groups is 2. The summed E-state index contributed by atoms with van der Waals surface area (Å²) in [6.45, 7) is 9.32. The Hall–Kier alpha value is -2.86. The molecule has 0 bridgehead atoms. The smallest absolute Gasteiger partial charge is 0.243 e. The highest BCUT2D eigenvalue weighted by molar-refractivity contribution is 5.96. The number of carbonyl (C=O) groups excluding carboxylic acids is 2. The van der Waals surface area contributed by atoms with E-state index in [2.05, 4.69) is 10.6 Å². The molecule has 6 nitrogen and oxygen atoms in total. The van der Waals surface area contributed by atoms with Crippen molar-refractivity contribution in [1.29, 1.82) is 0 Å². The second-order valence-electron chi connectivity index (χ2n) is 7.35. The zero-order valence-electron chi connectivity index (χ0n) is 18.0. The highest BCUT2D eigenvalue weighted by atomic mass is 16.5. The SMILES string of the molecule is CCOc1ccc(CN(C)CC(=O)NCC(=O)Nc2c(C)cc(C)cc2C)cc1. The number of anilines is 1. The number of hydrogen-bond acceptors (Lipinski definition) is 4. The van der Waals surface area contributed by atoms with Gasteiger partial charge in [-0.15, -0.1) is 0 Å². The maximum Gasteiger partial charge on any atom is 0.243 e. The Kier molecular flexibility index (Phi) is 8.21. The third-order valence-corrected chi connectivity index (χ3v) is 4.49. The summed E-state index contributed by atoms with van der Waals surface area (Å²) in [6.07, 6.45) is 0. The third kappa shape index (κ3) is 7.23. The summed E-state index contributed by atoms with van der Waals surface area (Å²) in [5.41, 5.74) is 5.07. The first-order valence-electron chi connectivity index (χ1n) is 9.83. The molecule has 0 aliphatic carbocycles. The fourth-order valence-corrected chi connectivity index (χ4v) is 3.27. The minimum absolute atomic E-state index is 0.0531. The summed E-state index contributed by atoms with van der Waals surface area (Å²) in [7, 11) is 1.87. The van der Waals surface area contributed by atoms with Crippen LogP contribution >= 0.6 is 0 Å². The molecule has 0 aromatic heterocycles. The quantitative estimate of drug-likeness (QED) is 0.682. The first-order chi connectivity index (χ1) is 13.8. The van der Waals surface area contributed by atoms with Crippen LogP contribution in [0.2, 0.25) is 0 Å². The van der Waals surface area contributed by atoms with Crippen LogP contribution < -0.4 is 15.4 Å². The highest BCUT2D eigenvalue weighted by Crippen LogP contribution is 2.21. The molecule has 0 unspecified atom stereocenters. The van der Waals surface area contributed by atoms with Gasteiger partial charge in [0.25, 0.3) is 0 Å². The molecule has 0 aliphatic rings. The summed E-state index contributed by atoms with van der Waals surface area (Å²) in [6, 6.07) is 11.9. The molecule has 6 heteroatoms. The van der Waals surface area contributed by atoms with Crippen molar-refractivity contribution < 1.29 is 14.3 Å². The second-order valence-corrected chi connectivity index (χ2v) is 7.35. The molecule has 2 aromatic rings. The molecule has 0 atom stereocenters. The summed E-state index contributed by atoms with van der Waals surface area (Å²) in [5, 5.41) is 5.57. The zero-order chi connectivity index (χ0) is 21.4. The van der Waals surface area contributed by atoms with Gasteiger partial charge < -0.3 is 15.4 Å². The van der Waals surface area contributed by atoms with E-state index in [-0.39, 0.29) is 24.9 Å². The second kappa shape index (κ2) is 10.6. The minimum atomic E-state index is -0.234. The monoisotopic (exact) mass is 397 g/mol. The maximum absolute atomic E-state index is 12.2. The van der Waals surface area contributed by atoms with E-state index in [4.69, 9.17) is 4.74 Å². The van der Waals surface area contributed by atoms with Gasteiger partial charge in [-0.05, 0) is 63.6 Å². The summed E-state index contributed by atoms with van der Waals surface area (Å²) in [5.74, 6) is 0.412. The number of ether oxygens (including phenoxy) is 1. The van der Waals surface area contributed by atoms with E-state index in [1.807, 2.05) is 76.0 Å². The topological polar surface area (TPSA) is 70.7 Å². The van der Waals surface area contributed by atoms with E-state index in [1.165, 1.54) is 0 Å². The Balaban J connectivity index is 1.78. The molecule has 0 fully saturated rings. The molecule has 0 heterocycles. The van der Waals surface area contributed by atoms with Crippen molar-refractivity contribution in [2.75, 3.05) is 32.1 Å². The van der Waals surface area contributed by atoms with Crippen LogP contribution in [0.4, 0.5) is 5.69 Å². The lowest BCUT2D eigenvalue weighted by Gasteiger charge is -2.17. The van der Waals surface area contributed by atoms with E-state index in [0.29, 0.717) is 13.2 Å². The lowest BCUT2D eigenvalue weighted by atomic mass is 10.1. The molecular weight excluding hydrogens is 366 g/mol. The Morgan fingerprint density at radius 3 is 2.21 bits per heavy atom. The van der Waals surface area contributed by atoms with Gasteiger partial charge in [0.15, 0.2) is 0 Å². The first-order valence-corrected chi connectivity index (χ1v) is 9.83. The van der Waals surface area contributed by atoms with Crippen LogP contribution in [0, 0.1) is 20.8 Å². The van der Waals surface area contributed by atoms with E-state index >= 15 is 0 Å². The molecule has 156 valence electrons. The standard InChI is InChI=1S/C23H31N3O3/c1-6-29-20-9-7-19(8-10-20)14-26(5)15-22(28)24-13-21(27)25-23-17(3)11-16(2)12-18(23)4/h7-12H,6,13-15H2,1-5H3,(H,24,28)(H,25,27). The average molecular weight is 398 g/mol. The Morgan fingerprint density at radius 2 is 1.62 bits per heavy atom. The van der Waals surface area contributed by atoms with Crippen LogP contribution in [0.5, 0.6) is 5.75 Å². The number of benzene rings is 2. The Morgan fingerprint density at radius 1 is 1.00 bits per heavy atom. The first kappa shape index (κ1) is 22.4. The van der Waals surface area contributed by atoms with Gasteiger partial charge in [-0.1, -0.05) is 29.8 Å². The van der Waals surface area contributed by atoms with Gasteiger partial charge in [-0.2, -0.15) is 0 Å². The van der Waals surface area contributed by atoms with Crippen molar-refractivity contribution in [2.45, 2.75) is 34.2 Å². The normalized spacial score (nSPS) is 10.7. The van der Waals surface area contributed by atoms with Gasteiger partial charge in [-0.3, -0.25) is 14.5 Å². The van der Waals surface area contributed by atoms with Crippen LogP contribution in [0.1, 0.15) is 29.2 Å². The summed E-state index contributed by atoms with van der Waals surface area (Å²) in [4.78, 5) is 26.3. The van der Waals surface area contributed by atoms with E-state index < -0.39 is 0 Å². The Bertz CT molecular complexity index is 824. The van der Waals surface area contributed by atoms with Crippen LogP contribution in [0.3, 0.4) is 0 Å². The molecule has 0 spiro atoms. The maximum atomic E-state index is 12.2. The number of hydrogen-bond donors (Lipinski definition) is 2. The van der Waals surface area contributed by atoms with Crippen molar-refractivity contribution in [1.82, 2.24) is 10.2 Å². The van der Waals surface area contributed by atoms with Crippen LogP contribution in [0.25, 0.3) is 0 Å². The van der Waals surface area contributed by atoms with Gasteiger partial charge in [0.1, 0.15) is 5.75 Å². The summed E-state index contributed by atoms with van der Waals surface area (Å²) >= 11 is 0. The van der Waals surface area contributed by atoms with Crippen molar-refractivity contribution in [3.8, 4) is 5.75 Å². The van der Waals surface area contributed by atoms with Crippen LogP contribution in [0.15, 0.2) is 36.4 Å². The van der Waals surface area contributed by atoms with Crippen molar-refractivity contribution in [2.24, 2.45) is 0 Å². The molecular formula is C23H31N3O3. The molecule has 0 saturated heterocycles. The van der Waals surface area contributed by atoms with Crippen molar-refractivity contribution in [3.63, 3.8) is 0 Å². The van der Waals surface area contributed by atoms with E-state index in [1.54, 1.807) is 0 Å². The fourth-order valence-electron chi connectivity index (χ4n) is 3.27. The van der Waals surface area contributed by atoms with Gasteiger partial charge in [-0.25, -0.2) is 0 Å². The number of aryl methyl sites for hydroxylation is 3. The van der Waals surface area contributed by atoms with Gasteiger partial charge >= 0.3 is 0 Å². The zero-order valence-corrected chi connectivity index (χ0v) is 18.0. The highest BCUT2D eigenvalue weighted by Gasteiger charge is 2.11. The van der Waals surface area contributed by atoms with E-state index in [9.17, 15) is 9.59 Å². The van der Waals surface area contributed by atoms with Gasteiger partial charge in [0, 0.05) is 12.2 Å². The van der Waals surface area contributed by atoms with Gasteiger partial charge in [0.2, 0.25) is 11.8 Å². The third-order valence-electron chi connectivity index (χ3n) is 4.49. The number of rotatable bonds is 9. The fraction of sp³-hybridized carbons (Fsp3) is 0.391. The molecule has 2 N–H and O–H groups in total. The molecule has 2 amide bonds. The minimum Gasteiger partial charge on any atom is -0.494 e.